The molecule has 0 unspecified atom stereocenters. The Morgan fingerprint density at radius 3 is 2.22 bits per heavy atom. The zero-order chi connectivity index (χ0) is 20.2. The minimum atomic E-state index is -3.19. The van der Waals surface area contributed by atoms with E-state index in [9.17, 15) is 27.3 Å². The average Bonchev–Trinajstić information content (AvgIpc) is 2.64. The Kier molecular flexibility index (Phi) is 6.72. The van der Waals surface area contributed by atoms with E-state index in [-0.39, 0.29) is 5.03 Å². The van der Waals surface area contributed by atoms with Crippen LogP contribution in [0.5, 0.6) is 0 Å². The molecule has 9 heteroatoms. The van der Waals surface area contributed by atoms with E-state index in [0.29, 0.717) is 16.7 Å². The minimum Gasteiger partial charge on any atom is -0.388 e. The first kappa shape index (κ1) is 21.0. The van der Waals surface area contributed by atoms with Crippen molar-refractivity contribution in [3.05, 3.63) is 48.2 Å². The van der Waals surface area contributed by atoms with Crippen LogP contribution in [-0.2, 0) is 14.5 Å². The molecule has 0 saturated heterocycles. The molecule has 2 rings (SSSR count). The summed E-state index contributed by atoms with van der Waals surface area (Å²) in [5, 5.41) is 10.4. The van der Waals surface area contributed by atoms with Crippen LogP contribution in [0.1, 0.15) is 18.1 Å². The van der Waals surface area contributed by atoms with Gasteiger partial charge in [0.2, 0.25) is 0 Å². The van der Waals surface area contributed by atoms with Gasteiger partial charge in [-0.2, -0.15) is 0 Å². The summed E-state index contributed by atoms with van der Waals surface area (Å²) in [6, 6.07) is 9.42. The summed E-state index contributed by atoms with van der Waals surface area (Å²) in [6.07, 6.45) is -2.59. The van der Waals surface area contributed by atoms with Crippen molar-refractivity contribution in [3.8, 4) is 11.1 Å². The lowest BCUT2D eigenvalue weighted by Crippen LogP contribution is -2.22. The van der Waals surface area contributed by atoms with Crippen molar-refractivity contribution in [2.24, 2.45) is 5.92 Å². The Labute approximate surface area is 155 Å². The number of nitrogens with one attached hydrogen (secondary N) is 1. The largest absolute Gasteiger partial charge is 0.388 e. The molecule has 0 aliphatic rings. The van der Waals surface area contributed by atoms with Gasteiger partial charge in [-0.3, -0.25) is 9.18 Å². The smallest absolute Gasteiger partial charge is 0.295 e. The van der Waals surface area contributed by atoms with Gasteiger partial charge in [0.05, 0.1) is 22.5 Å². The van der Waals surface area contributed by atoms with E-state index in [1.165, 1.54) is 30.7 Å². The van der Waals surface area contributed by atoms with E-state index in [1.54, 1.807) is 18.2 Å². The van der Waals surface area contributed by atoms with Crippen LogP contribution in [0.2, 0.25) is 0 Å². The Balaban J connectivity index is 2.17. The number of hydrogen-bond acceptors (Lipinski definition) is 5. The summed E-state index contributed by atoms with van der Waals surface area (Å²) in [5.74, 6) is -2.64. The first-order valence-corrected chi connectivity index (χ1v) is 9.95. The number of aliphatic hydroxyl groups excluding tert-OH is 1. The molecule has 146 valence electrons. The van der Waals surface area contributed by atoms with Crippen LogP contribution in [0, 0.1) is 10.7 Å². The Bertz CT molecular complexity index is 885. The molecule has 3 atom stereocenters. The topological polar surface area (TPSA) is 91.1 Å². The number of ketones is 1. The van der Waals surface area contributed by atoms with Crippen LogP contribution in [0.15, 0.2) is 47.6 Å². The zero-order valence-electron chi connectivity index (χ0n) is 14.4. The Morgan fingerprint density at radius 2 is 1.78 bits per heavy atom. The molecule has 0 aliphatic carbocycles. The van der Waals surface area contributed by atoms with Crippen molar-refractivity contribution in [3.63, 3.8) is 0 Å². The van der Waals surface area contributed by atoms with Crippen molar-refractivity contribution < 1.29 is 27.3 Å². The molecular formula is C18H19F3N2O3S. The molecule has 27 heavy (non-hydrogen) atoms. The predicted molar refractivity (Wildman–Crippen MR) is 94.8 cm³/mol. The molecule has 1 heterocycles. The van der Waals surface area contributed by atoms with Crippen molar-refractivity contribution in [2.45, 2.75) is 24.0 Å². The molecule has 0 radical (unpaired) electrons. The van der Waals surface area contributed by atoms with Gasteiger partial charge in [-0.1, -0.05) is 30.3 Å². The third kappa shape index (κ3) is 5.36. The maximum absolute atomic E-state index is 13.1. The first-order chi connectivity index (χ1) is 12.6. The van der Waals surface area contributed by atoms with Crippen LogP contribution in [0.25, 0.3) is 11.1 Å². The van der Waals surface area contributed by atoms with E-state index >= 15 is 0 Å². The van der Waals surface area contributed by atoms with Gasteiger partial charge in [0.25, 0.3) is 6.43 Å². The van der Waals surface area contributed by atoms with E-state index in [4.69, 9.17) is 4.78 Å². The fourth-order valence-electron chi connectivity index (χ4n) is 2.52. The number of carbonyl (C=O) groups is 1. The highest BCUT2D eigenvalue weighted by atomic mass is 32.2. The van der Waals surface area contributed by atoms with Gasteiger partial charge < -0.3 is 5.11 Å². The quantitative estimate of drug-likeness (QED) is 0.708. The lowest BCUT2D eigenvalue weighted by molar-refractivity contribution is -0.131. The molecule has 0 bridgehead atoms. The van der Waals surface area contributed by atoms with Gasteiger partial charge in [0.1, 0.15) is 5.03 Å². The van der Waals surface area contributed by atoms with Crippen molar-refractivity contribution in [1.82, 2.24) is 4.98 Å². The molecular weight excluding hydrogens is 381 g/mol. The van der Waals surface area contributed by atoms with E-state index in [2.05, 4.69) is 4.98 Å². The third-order valence-electron chi connectivity index (χ3n) is 4.07. The molecule has 0 fully saturated rings. The molecule has 5 nitrogen and oxygen atoms in total. The maximum Gasteiger partial charge on any atom is 0.295 e. The number of halogens is 3. The van der Waals surface area contributed by atoms with Gasteiger partial charge in [-0.15, -0.1) is 0 Å². The van der Waals surface area contributed by atoms with Crippen LogP contribution in [0.3, 0.4) is 0 Å². The standard InChI is InChI=1S/C18H19F3N2O3S/c1-27(22,26)16-7-6-13(10-23-16)11-2-4-12(5-3-11)17(25)14(9-19)8-15(24)18(20)21/h2-7,10,14,17-18,22,25H,8-9H2,1H3/t14-,17-,27+/m1/s1. The second kappa shape index (κ2) is 8.62. The molecule has 1 aromatic heterocycles. The highest BCUT2D eigenvalue weighted by molar-refractivity contribution is 7.91. The van der Waals surface area contributed by atoms with Crippen LogP contribution >= 0.6 is 0 Å². The highest BCUT2D eigenvalue weighted by Gasteiger charge is 2.27. The lowest BCUT2D eigenvalue weighted by atomic mass is 9.91. The van der Waals surface area contributed by atoms with E-state index in [0.717, 1.165) is 0 Å². The number of alkyl halides is 3. The molecule has 0 aliphatic heterocycles. The average molecular weight is 400 g/mol. The summed E-state index contributed by atoms with van der Waals surface area (Å²) in [4.78, 5) is 15.1. The van der Waals surface area contributed by atoms with Gasteiger partial charge in [0.15, 0.2) is 5.78 Å². The fraction of sp³-hybridized carbons (Fsp3) is 0.333. The molecule has 0 saturated carbocycles. The summed E-state index contributed by atoms with van der Waals surface area (Å²) < 4.78 is 56.9. The van der Waals surface area contributed by atoms with E-state index < -0.39 is 47.1 Å². The number of Topliss-reactive ketones (excluding diaryl/α,β-unsaturated/α-hetero) is 1. The normalized spacial score (nSPS) is 15.9. The predicted octanol–water partition coefficient (Wildman–Crippen LogP) is 3.63. The highest BCUT2D eigenvalue weighted by Crippen LogP contribution is 2.28. The first-order valence-electron chi connectivity index (χ1n) is 7.98. The number of aliphatic hydroxyl groups is 1. The number of aromatic nitrogens is 1. The molecule has 2 N–H and O–H groups in total. The number of rotatable bonds is 8. The van der Waals surface area contributed by atoms with Crippen LogP contribution in [0.4, 0.5) is 13.2 Å². The number of pyridine rings is 1. The second-order valence-electron chi connectivity index (χ2n) is 6.18. The monoisotopic (exact) mass is 400 g/mol. The second-order valence-corrected chi connectivity index (χ2v) is 8.29. The summed E-state index contributed by atoms with van der Waals surface area (Å²) >= 11 is 0. The van der Waals surface area contributed by atoms with Crippen molar-refractivity contribution in [1.29, 1.82) is 4.78 Å². The zero-order valence-corrected chi connectivity index (χ0v) is 15.3. The number of carbonyl (C=O) groups excluding carboxylic acids is 1. The van der Waals surface area contributed by atoms with Gasteiger partial charge in [-0.25, -0.2) is 22.8 Å². The number of benzene rings is 1. The maximum atomic E-state index is 13.1. The van der Waals surface area contributed by atoms with Gasteiger partial charge in [0, 0.05) is 30.4 Å². The van der Waals surface area contributed by atoms with Crippen molar-refractivity contribution in [2.75, 3.05) is 12.9 Å². The number of hydrogen-bond donors (Lipinski definition) is 2. The molecule has 2 aromatic rings. The van der Waals surface area contributed by atoms with Crippen LogP contribution in [-0.4, -0.2) is 39.4 Å². The summed E-state index contributed by atoms with van der Waals surface area (Å²) in [7, 11) is -2.91. The van der Waals surface area contributed by atoms with Crippen LogP contribution < -0.4 is 0 Å². The lowest BCUT2D eigenvalue weighted by Gasteiger charge is -2.20. The molecule has 1 aromatic carbocycles. The molecule has 0 amide bonds. The SMILES string of the molecule is C[S@](=N)(=O)c1ccc(-c2ccc([C@@H](O)[C@@H](CF)CC(=O)C(F)F)cc2)cn1. The van der Waals surface area contributed by atoms with Crippen molar-refractivity contribution >= 4 is 15.5 Å². The Hall–Kier alpha value is -2.26. The summed E-state index contributed by atoms with van der Waals surface area (Å²) in [6.45, 7) is -1.10. The van der Waals surface area contributed by atoms with Gasteiger partial charge >= 0.3 is 0 Å². The minimum absolute atomic E-state index is 0.160. The Morgan fingerprint density at radius 1 is 1.19 bits per heavy atom. The van der Waals surface area contributed by atoms with E-state index in [1.807, 2.05) is 0 Å². The summed E-state index contributed by atoms with van der Waals surface area (Å²) in [5.41, 5.74) is 1.69. The van der Waals surface area contributed by atoms with Gasteiger partial charge in [-0.05, 0) is 17.2 Å². The molecule has 0 spiro atoms. The third-order valence-corrected chi connectivity index (χ3v) is 5.11. The fourth-order valence-corrected chi connectivity index (χ4v) is 3.11. The number of nitrogens with zero attached hydrogens (tertiary/aromatic N) is 1.